The van der Waals surface area contributed by atoms with Gasteiger partial charge in [-0.3, -0.25) is 9.59 Å². The summed E-state index contributed by atoms with van der Waals surface area (Å²) in [5.74, 6) is -3.28. The normalized spacial score (nSPS) is 27.6. The Morgan fingerprint density at radius 3 is 2.52 bits per heavy atom. The Labute approximate surface area is 193 Å². The molecule has 2 aliphatic heterocycles. The molecule has 0 aromatic heterocycles. The Bertz CT molecular complexity index is 1100. The van der Waals surface area contributed by atoms with Crippen LogP contribution in [-0.4, -0.2) is 68.9 Å². The summed E-state index contributed by atoms with van der Waals surface area (Å²) in [6.45, 7) is 1.56. The number of aliphatic carboxylic acids is 1. The van der Waals surface area contributed by atoms with Crippen molar-refractivity contribution in [1.29, 1.82) is 0 Å². The van der Waals surface area contributed by atoms with Gasteiger partial charge in [0.15, 0.2) is 11.9 Å². The molecule has 1 unspecified atom stereocenters. The second-order valence-electron chi connectivity index (χ2n) is 7.96. The van der Waals surface area contributed by atoms with Crippen LogP contribution < -0.4 is 0 Å². The van der Waals surface area contributed by atoms with Crippen LogP contribution in [0.25, 0.3) is 0 Å². The third-order valence-electron chi connectivity index (χ3n) is 5.74. The van der Waals surface area contributed by atoms with Gasteiger partial charge in [0, 0.05) is 21.8 Å². The molecule has 4 rings (SSSR count). The predicted octanol–water partition coefficient (Wildman–Crippen LogP) is 1.12. The van der Waals surface area contributed by atoms with E-state index in [4.69, 9.17) is 14.6 Å². The van der Waals surface area contributed by atoms with Crippen LogP contribution in [0.5, 0.6) is 0 Å². The number of ether oxygens (including phenoxy) is 2. The molecule has 1 saturated heterocycles. The molecule has 33 heavy (non-hydrogen) atoms. The molecule has 1 fully saturated rings. The summed E-state index contributed by atoms with van der Waals surface area (Å²) in [6.07, 6.45) is -9.05. The first-order valence-electron chi connectivity index (χ1n) is 10.2. The SMILES string of the molecule is CC(C(=O)O[C@@H]1O[C@H](C(=O)O)[C@@H](O)[C@H](O)[C@H]1O)c1ccc2c(c1)CC(=O)c1ccccc1S2. The lowest BCUT2D eigenvalue weighted by Crippen LogP contribution is -2.60. The molecule has 174 valence electrons. The highest BCUT2D eigenvalue weighted by atomic mass is 32.2. The van der Waals surface area contributed by atoms with Gasteiger partial charge in [-0.2, -0.15) is 0 Å². The Hall–Kier alpha value is -2.76. The Morgan fingerprint density at radius 1 is 1.06 bits per heavy atom. The van der Waals surface area contributed by atoms with E-state index in [2.05, 4.69) is 0 Å². The highest BCUT2D eigenvalue weighted by Crippen LogP contribution is 2.38. The highest BCUT2D eigenvalue weighted by Gasteiger charge is 2.48. The van der Waals surface area contributed by atoms with Crippen molar-refractivity contribution in [1.82, 2.24) is 0 Å². The van der Waals surface area contributed by atoms with Gasteiger partial charge in [0.05, 0.1) is 5.92 Å². The van der Waals surface area contributed by atoms with Gasteiger partial charge < -0.3 is 29.9 Å². The zero-order valence-electron chi connectivity index (χ0n) is 17.5. The number of aliphatic hydroxyl groups excluding tert-OH is 3. The van der Waals surface area contributed by atoms with Crippen LogP contribution in [-0.2, 0) is 25.5 Å². The molecule has 4 N–H and O–H groups in total. The molecular weight excluding hydrogens is 452 g/mol. The molecule has 9 nitrogen and oxygen atoms in total. The summed E-state index contributed by atoms with van der Waals surface area (Å²) in [6, 6.07) is 12.6. The first-order valence-corrected chi connectivity index (χ1v) is 11.0. The zero-order valence-corrected chi connectivity index (χ0v) is 18.3. The summed E-state index contributed by atoms with van der Waals surface area (Å²) in [4.78, 5) is 38.4. The number of fused-ring (bicyclic) bond motifs is 2. The van der Waals surface area contributed by atoms with Crippen molar-refractivity contribution in [2.24, 2.45) is 0 Å². The lowest BCUT2D eigenvalue weighted by molar-refractivity contribution is -0.286. The fourth-order valence-electron chi connectivity index (χ4n) is 3.78. The molecule has 0 bridgehead atoms. The maximum Gasteiger partial charge on any atom is 0.335 e. The van der Waals surface area contributed by atoms with Crippen LogP contribution in [0.2, 0.25) is 0 Å². The first kappa shape index (κ1) is 23.4. The van der Waals surface area contributed by atoms with Gasteiger partial charge in [0.1, 0.15) is 18.3 Å². The van der Waals surface area contributed by atoms with Crippen LogP contribution in [0.4, 0.5) is 0 Å². The largest absolute Gasteiger partial charge is 0.479 e. The third kappa shape index (κ3) is 4.53. The van der Waals surface area contributed by atoms with Gasteiger partial charge in [-0.05, 0) is 30.2 Å². The molecule has 0 aliphatic carbocycles. The number of benzene rings is 2. The summed E-state index contributed by atoms with van der Waals surface area (Å²) >= 11 is 1.47. The molecular formula is C23H22O9S. The number of rotatable bonds is 4. The van der Waals surface area contributed by atoms with Crippen molar-refractivity contribution < 1.29 is 44.3 Å². The van der Waals surface area contributed by atoms with E-state index < -0.39 is 48.6 Å². The number of Topliss-reactive ketones (excluding diaryl/α,β-unsaturated/α-hetero) is 1. The number of carbonyl (C=O) groups excluding carboxylic acids is 2. The molecule has 0 saturated carbocycles. The van der Waals surface area contributed by atoms with E-state index in [0.717, 1.165) is 15.4 Å². The predicted molar refractivity (Wildman–Crippen MR) is 114 cm³/mol. The third-order valence-corrected chi connectivity index (χ3v) is 6.94. The van der Waals surface area contributed by atoms with Crippen LogP contribution in [0.1, 0.15) is 34.3 Å². The summed E-state index contributed by atoms with van der Waals surface area (Å²) < 4.78 is 10.1. The molecule has 0 spiro atoms. The number of hydrogen-bond acceptors (Lipinski definition) is 9. The van der Waals surface area contributed by atoms with Crippen LogP contribution in [0.3, 0.4) is 0 Å². The maximum atomic E-state index is 12.7. The number of esters is 1. The second-order valence-corrected chi connectivity index (χ2v) is 9.04. The van der Waals surface area contributed by atoms with E-state index in [1.54, 1.807) is 25.1 Å². The van der Waals surface area contributed by atoms with Gasteiger partial charge in [-0.25, -0.2) is 4.79 Å². The quantitative estimate of drug-likeness (QED) is 0.475. The topological polar surface area (TPSA) is 151 Å². The van der Waals surface area contributed by atoms with Crippen LogP contribution in [0.15, 0.2) is 52.3 Å². The lowest BCUT2D eigenvalue weighted by Gasteiger charge is -2.38. The van der Waals surface area contributed by atoms with E-state index >= 15 is 0 Å². The number of aliphatic hydroxyl groups is 3. The fourth-order valence-corrected chi connectivity index (χ4v) is 4.85. The minimum Gasteiger partial charge on any atom is -0.479 e. The minimum atomic E-state index is -1.88. The molecule has 10 heteroatoms. The number of ketones is 1. The molecule has 6 atom stereocenters. The van der Waals surface area contributed by atoms with E-state index in [0.29, 0.717) is 11.1 Å². The lowest BCUT2D eigenvalue weighted by atomic mass is 9.96. The van der Waals surface area contributed by atoms with Gasteiger partial charge in [0.25, 0.3) is 0 Å². The van der Waals surface area contributed by atoms with E-state index in [1.165, 1.54) is 11.8 Å². The molecule has 2 aromatic rings. The summed E-state index contributed by atoms with van der Waals surface area (Å²) in [5.41, 5.74) is 1.96. The number of carbonyl (C=O) groups is 3. The molecule has 2 aliphatic rings. The van der Waals surface area contributed by atoms with Crippen molar-refractivity contribution in [3.05, 3.63) is 59.2 Å². The van der Waals surface area contributed by atoms with Crippen LogP contribution in [0, 0.1) is 0 Å². The molecule has 0 amide bonds. The fraction of sp³-hybridized carbons (Fsp3) is 0.348. The van der Waals surface area contributed by atoms with Gasteiger partial charge in [-0.1, -0.05) is 42.1 Å². The number of hydrogen-bond donors (Lipinski definition) is 4. The Kier molecular flexibility index (Phi) is 6.55. The summed E-state index contributed by atoms with van der Waals surface area (Å²) in [5, 5.41) is 38.8. The Morgan fingerprint density at radius 2 is 1.79 bits per heavy atom. The summed E-state index contributed by atoms with van der Waals surface area (Å²) in [7, 11) is 0. The van der Waals surface area contributed by atoms with Gasteiger partial charge in [-0.15, -0.1) is 0 Å². The van der Waals surface area contributed by atoms with Crippen molar-refractivity contribution in [3.63, 3.8) is 0 Å². The van der Waals surface area contributed by atoms with Crippen molar-refractivity contribution in [2.45, 2.75) is 59.8 Å². The number of carboxylic acids is 1. The average molecular weight is 474 g/mol. The maximum absolute atomic E-state index is 12.7. The minimum absolute atomic E-state index is 0.0322. The second kappa shape index (κ2) is 9.24. The van der Waals surface area contributed by atoms with E-state index in [-0.39, 0.29) is 12.2 Å². The zero-order chi connectivity index (χ0) is 23.9. The van der Waals surface area contributed by atoms with E-state index in [1.807, 2.05) is 24.3 Å². The van der Waals surface area contributed by atoms with Crippen molar-refractivity contribution >= 4 is 29.5 Å². The number of carboxylic acid groups (broad SMARTS) is 1. The van der Waals surface area contributed by atoms with Gasteiger partial charge in [0.2, 0.25) is 6.29 Å². The van der Waals surface area contributed by atoms with Gasteiger partial charge >= 0.3 is 11.9 Å². The van der Waals surface area contributed by atoms with E-state index in [9.17, 15) is 29.7 Å². The van der Waals surface area contributed by atoms with Crippen LogP contribution >= 0.6 is 11.8 Å². The monoisotopic (exact) mass is 474 g/mol. The molecule has 2 aromatic carbocycles. The molecule has 2 heterocycles. The molecule has 0 radical (unpaired) electrons. The Balaban J connectivity index is 1.51. The standard InChI is InChI=1S/C23H22O9S/c1-10(22(30)32-23-19(27)17(25)18(26)20(31-23)21(28)29)11-6-7-15-12(8-11)9-14(24)13-4-2-3-5-16(13)33-15/h2-8,10,17-20,23,25-27H,9H2,1H3,(H,28,29)/t10?,17-,18-,19+,20-,23-/m0/s1. The highest BCUT2D eigenvalue weighted by molar-refractivity contribution is 7.99. The average Bonchev–Trinajstić information content (AvgIpc) is 2.93. The first-order chi connectivity index (χ1) is 15.7. The smallest absolute Gasteiger partial charge is 0.335 e. The van der Waals surface area contributed by atoms with Crippen molar-refractivity contribution in [2.75, 3.05) is 0 Å². The van der Waals surface area contributed by atoms with Crippen molar-refractivity contribution in [3.8, 4) is 0 Å².